The van der Waals surface area contributed by atoms with Crippen molar-refractivity contribution in [3.05, 3.63) is 30.4 Å². The first kappa shape index (κ1) is 16.0. The first-order chi connectivity index (χ1) is 11.1. The summed E-state index contributed by atoms with van der Waals surface area (Å²) in [7, 11) is 0. The monoisotopic (exact) mass is 331 g/mol. The van der Waals surface area contributed by atoms with Crippen molar-refractivity contribution < 1.29 is 4.79 Å². The number of carbonyl (C=O) groups is 1. The van der Waals surface area contributed by atoms with E-state index >= 15 is 0 Å². The second kappa shape index (κ2) is 6.70. The van der Waals surface area contributed by atoms with Crippen LogP contribution < -0.4 is 0 Å². The maximum Gasteiger partial charge on any atom is 0.233 e. The van der Waals surface area contributed by atoms with E-state index in [0.717, 1.165) is 11.4 Å². The van der Waals surface area contributed by atoms with Crippen LogP contribution in [0, 0.1) is 5.92 Å². The van der Waals surface area contributed by atoms with Gasteiger partial charge in [-0.1, -0.05) is 13.8 Å². The number of aromatic nitrogens is 4. The number of amides is 1. The molecule has 0 aromatic carbocycles. The molecule has 0 spiro atoms. The average Bonchev–Trinajstić information content (AvgIpc) is 2.98. The lowest BCUT2D eigenvalue weighted by Crippen LogP contribution is -2.45. The Morgan fingerprint density at radius 2 is 2.26 bits per heavy atom. The Morgan fingerprint density at radius 1 is 1.43 bits per heavy atom. The van der Waals surface area contributed by atoms with Crippen LogP contribution in [0.15, 0.2) is 24.5 Å². The van der Waals surface area contributed by atoms with Crippen LogP contribution in [0.25, 0.3) is 11.4 Å². The van der Waals surface area contributed by atoms with Gasteiger partial charge in [-0.25, -0.2) is 9.67 Å². The molecule has 0 bridgehead atoms. The fourth-order valence-electron chi connectivity index (χ4n) is 2.98. The molecular weight excluding hydrogens is 310 g/mol. The van der Waals surface area contributed by atoms with Gasteiger partial charge in [-0.2, -0.15) is 16.9 Å². The van der Waals surface area contributed by atoms with Crippen LogP contribution in [-0.2, 0) is 11.3 Å². The third-order valence-electron chi connectivity index (χ3n) is 3.99. The van der Waals surface area contributed by atoms with Gasteiger partial charge >= 0.3 is 0 Å². The average molecular weight is 331 g/mol. The third kappa shape index (κ3) is 3.10. The molecule has 0 radical (unpaired) electrons. The normalized spacial score (nSPS) is 17.4. The number of hydrogen-bond donors (Lipinski definition) is 0. The molecule has 1 atom stereocenters. The minimum atomic E-state index is -0.0266. The van der Waals surface area contributed by atoms with Crippen molar-refractivity contribution in [2.75, 3.05) is 18.6 Å². The largest absolute Gasteiger partial charge is 0.330 e. The van der Waals surface area contributed by atoms with Gasteiger partial charge in [-0.3, -0.25) is 9.78 Å². The molecule has 3 rings (SSSR count). The molecular formula is C16H21N5OS. The lowest BCUT2D eigenvalue weighted by molar-refractivity contribution is -0.133. The minimum Gasteiger partial charge on any atom is -0.330 e. The molecule has 0 saturated heterocycles. The van der Waals surface area contributed by atoms with Gasteiger partial charge in [0, 0.05) is 24.5 Å². The first-order valence-electron chi connectivity index (χ1n) is 7.75. The van der Waals surface area contributed by atoms with E-state index in [1.807, 2.05) is 28.0 Å². The van der Waals surface area contributed by atoms with E-state index in [0.29, 0.717) is 24.7 Å². The lowest BCUT2D eigenvalue weighted by atomic mass is 10.00. The molecule has 1 aliphatic heterocycles. The molecule has 0 unspecified atom stereocenters. The highest BCUT2D eigenvalue weighted by Crippen LogP contribution is 2.32. The molecule has 0 saturated carbocycles. The second-order valence-corrected chi connectivity index (χ2v) is 6.83. The predicted molar refractivity (Wildman–Crippen MR) is 90.9 cm³/mol. The number of fused-ring (bicyclic) bond motifs is 1. The van der Waals surface area contributed by atoms with Crippen LogP contribution in [0.1, 0.15) is 25.7 Å². The van der Waals surface area contributed by atoms with Gasteiger partial charge in [0.15, 0.2) is 11.6 Å². The van der Waals surface area contributed by atoms with Crippen LogP contribution in [0.4, 0.5) is 0 Å². The van der Waals surface area contributed by atoms with Crippen LogP contribution in [-0.4, -0.2) is 49.1 Å². The van der Waals surface area contributed by atoms with Gasteiger partial charge in [-0.05, 0) is 24.3 Å². The van der Waals surface area contributed by atoms with Crippen LogP contribution >= 0.6 is 11.8 Å². The standard InChI is InChI=1S/C16H21N5OS/c1-11(2)14-16-18-15(12-5-4-6-17-9-12)19-21(16)8-7-20(14)13(22)10-23-3/h4-6,9,11,14H,7-8,10H2,1-3H3/t14-/m1/s1. The third-order valence-corrected chi connectivity index (χ3v) is 4.53. The molecule has 0 fully saturated rings. The maximum atomic E-state index is 12.4. The predicted octanol–water partition coefficient (Wildman–Crippen LogP) is 2.24. The van der Waals surface area contributed by atoms with E-state index in [4.69, 9.17) is 4.98 Å². The highest BCUT2D eigenvalue weighted by Gasteiger charge is 2.35. The zero-order chi connectivity index (χ0) is 16.4. The van der Waals surface area contributed by atoms with Crippen molar-refractivity contribution in [3.8, 4) is 11.4 Å². The Morgan fingerprint density at radius 3 is 2.91 bits per heavy atom. The number of hydrogen-bond acceptors (Lipinski definition) is 5. The highest BCUT2D eigenvalue weighted by molar-refractivity contribution is 7.99. The molecule has 23 heavy (non-hydrogen) atoms. The van der Waals surface area contributed by atoms with E-state index in [-0.39, 0.29) is 17.9 Å². The fourth-order valence-corrected chi connectivity index (χ4v) is 3.39. The van der Waals surface area contributed by atoms with Crippen LogP contribution in [0.2, 0.25) is 0 Å². The van der Waals surface area contributed by atoms with Gasteiger partial charge in [0.05, 0.1) is 18.3 Å². The smallest absolute Gasteiger partial charge is 0.233 e. The van der Waals surface area contributed by atoms with Gasteiger partial charge < -0.3 is 4.90 Å². The Bertz CT molecular complexity index is 685. The summed E-state index contributed by atoms with van der Waals surface area (Å²) in [4.78, 5) is 23.3. The summed E-state index contributed by atoms with van der Waals surface area (Å²) in [5.74, 6) is 2.52. The van der Waals surface area contributed by atoms with E-state index < -0.39 is 0 Å². The SMILES string of the molecule is CSCC(=O)N1CCn2nc(-c3cccnc3)nc2[C@H]1C(C)C. The molecule has 1 aliphatic rings. The maximum absolute atomic E-state index is 12.4. The van der Waals surface area contributed by atoms with Crippen molar-refractivity contribution in [1.82, 2.24) is 24.6 Å². The summed E-state index contributed by atoms with van der Waals surface area (Å²) in [6.45, 7) is 5.62. The molecule has 122 valence electrons. The minimum absolute atomic E-state index is 0.0266. The summed E-state index contributed by atoms with van der Waals surface area (Å²) >= 11 is 1.56. The van der Waals surface area contributed by atoms with Gasteiger partial charge in [0.25, 0.3) is 0 Å². The van der Waals surface area contributed by atoms with Crippen LogP contribution in [0.5, 0.6) is 0 Å². The topological polar surface area (TPSA) is 63.9 Å². The number of nitrogens with zero attached hydrogens (tertiary/aromatic N) is 5. The van der Waals surface area contributed by atoms with Gasteiger partial charge in [-0.15, -0.1) is 0 Å². The molecule has 1 amide bonds. The van der Waals surface area contributed by atoms with Crippen molar-refractivity contribution in [3.63, 3.8) is 0 Å². The fraction of sp³-hybridized carbons (Fsp3) is 0.500. The summed E-state index contributed by atoms with van der Waals surface area (Å²) in [5, 5.41) is 4.62. The Kier molecular flexibility index (Phi) is 4.66. The summed E-state index contributed by atoms with van der Waals surface area (Å²) in [5.41, 5.74) is 0.902. The molecule has 0 N–H and O–H groups in total. The Hall–Kier alpha value is -1.89. The van der Waals surface area contributed by atoms with E-state index in [1.165, 1.54) is 0 Å². The van der Waals surface area contributed by atoms with Crippen LogP contribution in [0.3, 0.4) is 0 Å². The molecule has 3 heterocycles. The zero-order valence-electron chi connectivity index (χ0n) is 13.6. The van der Waals surface area contributed by atoms with Crippen molar-refractivity contribution >= 4 is 17.7 Å². The highest BCUT2D eigenvalue weighted by atomic mass is 32.2. The molecule has 6 nitrogen and oxygen atoms in total. The summed E-state index contributed by atoms with van der Waals surface area (Å²) in [6, 6.07) is 3.81. The molecule has 2 aromatic rings. The zero-order valence-corrected chi connectivity index (χ0v) is 14.5. The lowest BCUT2D eigenvalue weighted by Gasteiger charge is -2.37. The second-order valence-electron chi connectivity index (χ2n) is 5.97. The molecule has 7 heteroatoms. The number of pyridine rings is 1. The quantitative estimate of drug-likeness (QED) is 0.860. The van der Waals surface area contributed by atoms with Crippen molar-refractivity contribution in [1.29, 1.82) is 0 Å². The van der Waals surface area contributed by atoms with Crippen molar-refractivity contribution in [2.24, 2.45) is 5.92 Å². The summed E-state index contributed by atoms with van der Waals surface area (Å²) in [6.07, 6.45) is 5.46. The van der Waals surface area contributed by atoms with Gasteiger partial charge in [0.1, 0.15) is 0 Å². The summed E-state index contributed by atoms with van der Waals surface area (Å²) < 4.78 is 1.94. The molecule has 0 aliphatic carbocycles. The number of carbonyl (C=O) groups excluding carboxylic acids is 1. The van der Waals surface area contributed by atoms with Gasteiger partial charge in [0.2, 0.25) is 5.91 Å². The Labute approximate surface area is 140 Å². The molecule has 2 aromatic heterocycles. The van der Waals surface area contributed by atoms with Crippen molar-refractivity contribution in [2.45, 2.75) is 26.4 Å². The first-order valence-corrected chi connectivity index (χ1v) is 9.14. The van der Waals surface area contributed by atoms with E-state index in [1.54, 1.807) is 24.2 Å². The number of rotatable bonds is 4. The van der Waals surface area contributed by atoms with E-state index in [2.05, 4.69) is 23.9 Å². The van der Waals surface area contributed by atoms with E-state index in [9.17, 15) is 4.79 Å². The Balaban J connectivity index is 1.97. The number of thioether (sulfide) groups is 1.